The van der Waals surface area contributed by atoms with E-state index >= 15 is 0 Å². The minimum atomic E-state index is -0.922. The second kappa shape index (κ2) is 7.13. The van der Waals surface area contributed by atoms with E-state index < -0.39 is 17.5 Å². The number of amides is 1. The minimum absolute atomic E-state index is 0.244. The number of benzene rings is 3. The largest absolute Gasteiger partial charge is 0.455 e. The summed E-state index contributed by atoms with van der Waals surface area (Å²) in [4.78, 5) is 12.3. The van der Waals surface area contributed by atoms with Gasteiger partial charge >= 0.3 is 0 Å². The molecule has 25 heavy (non-hydrogen) atoms. The van der Waals surface area contributed by atoms with Crippen LogP contribution in [0.15, 0.2) is 66.7 Å². The van der Waals surface area contributed by atoms with E-state index in [9.17, 15) is 13.6 Å². The van der Waals surface area contributed by atoms with Gasteiger partial charge in [0.1, 0.15) is 17.4 Å². The lowest BCUT2D eigenvalue weighted by molar-refractivity contribution is 0.102. The number of nitrogens with one attached hydrogen (secondary N) is 1. The van der Waals surface area contributed by atoms with Gasteiger partial charge in [0.05, 0.1) is 11.3 Å². The van der Waals surface area contributed by atoms with Crippen LogP contribution in [0, 0.1) is 18.6 Å². The second-order valence-corrected chi connectivity index (χ2v) is 5.49. The molecule has 0 aromatic heterocycles. The maximum atomic E-state index is 13.8. The Kier molecular flexibility index (Phi) is 4.75. The van der Waals surface area contributed by atoms with E-state index in [0.29, 0.717) is 23.3 Å². The molecule has 0 heterocycles. The molecule has 5 heteroatoms. The Labute approximate surface area is 143 Å². The van der Waals surface area contributed by atoms with Crippen LogP contribution in [0.25, 0.3) is 0 Å². The number of halogens is 2. The van der Waals surface area contributed by atoms with Crippen LogP contribution in [-0.4, -0.2) is 5.91 Å². The van der Waals surface area contributed by atoms with E-state index in [1.807, 2.05) is 31.2 Å². The monoisotopic (exact) mass is 339 g/mol. The van der Waals surface area contributed by atoms with Crippen molar-refractivity contribution < 1.29 is 18.3 Å². The first kappa shape index (κ1) is 16.6. The van der Waals surface area contributed by atoms with Gasteiger partial charge in [-0.25, -0.2) is 8.78 Å². The third-order valence-electron chi connectivity index (χ3n) is 3.56. The number of hydrogen-bond acceptors (Lipinski definition) is 2. The van der Waals surface area contributed by atoms with Gasteiger partial charge in [-0.1, -0.05) is 29.8 Å². The molecule has 126 valence electrons. The van der Waals surface area contributed by atoms with Crippen LogP contribution in [-0.2, 0) is 0 Å². The molecule has 0 saturated carbocycles. The van der Waals surface area contributed by atoms with Gasteiger partial charge in [0.2, 0.25) is 0 Å². The predicted octanol–water partition coefficient (Wildman–Crippen LogP) is 5.32. The number of anilines is 1. The minimum Gasteiger partial charge on any atom is -0.455 e. The highest BCUT2D eigenvalue weighted by atomic mass is 19.1. The molecule has 1 amide bonds. The molecule has 3 aromatic carbocycles. The fraction of sp³-hybridized carbons (Fsp3) is 0.0500. The van der Waals surface area contributed by atoms with E-state index in [1.165, 1.54) is 0 Å². The van der Waals surface area contributed by atoms with Crippen molar-refractivity contribution in [2.75, 3.05) is 5.32 Å². The average molecular weight is 339 g/mol. The SMILES string of the molecule is Cc1ccc(Oc2ccccc2NC(=O)c2ccc(F)cc2F)cc1. The molecule has 0 aliphatic carbocycles. The Morgan fingerprint density at radius 1 is 0.960 bits per heavy atom. The van der Waals surface area contributed by atoms with Crippen molar-refractivity contribution in [1.29, 1.82) is 0 Å². The van der Waals surface area contributed by atoms with E-state index in [-0.39, 0.29) is 5.56 Å². The average Bonchev–Trinajstić information content (AvgIpc) is 2.58. The zero-order chi connectivity index (χ0) is 17.8. The Bertz CT molecular complexity index is 908. The van der Waals surface area contributed by atoms with Crippen LogP contribution in [0.5, 0.6) is 11.5 Å². The highest BCUT2D eigenvalue weighted by molar-refractivity contribution is 6.05. The molecule has 0 saturated heterocycles. The normalized spacial score (nSPS) is 10.4. The summed E-state index contributed by atoms with van der Waals surface area (Å²) in [5.41, 5.74) is 1.24. The summed E-state index contributed by atoms with van der Waals surface area (Å²) in [5.74, 6) is -1.31. The Morgan fingerprint density at radius 2 is 1.68 bits per heavy atom. The molecule has 0 unspecified atom stereocenters. The fourth-order valence-corrected chi connectivity index (χ4v) is 2.26. The Morgan fingerprint density at radius 3 is 2.40 bits per heavy atom. The number of carbonyl (C=O) groups is 1. The lowest BCUT2D eigenvalue weighted by Crippen LogP contribution is -2.14. The molecule has 0 radical (unpaired) electrons. The van der Waals surface area contributed by atoms with Crippen molar-refractivity contribution in [2.24, 2.45) is 0 Å². The predicted molar refractivity (Wildman–Crippen MR) is 92.0 cm³/mol. The molecule has 3 nitrogen and oxygen atoms in total. The van der Waals surface area contributed by atoms with Crippen LogP contribution < -0.4 is 10.1 Å². The lowest BCUT2D eigenvalue weighted by atomic mass is 10.2. The Balaban J connectivity index is 1.83. The highest BCUT2D eigenvalue weighted by Crippen LogP contribution is 2.30. The maximum absolute atomic E-state index is 13.8. The quantitative estimate of drug-likeness (QED) is 0.699. The van der Waals surface area contributed by atoms with E-state index in [2.05, 4.69) is 5.32 Å². The van der Waals surface area contributed by atoms with Crippen molar-refractivity contribution >= 4 is 11.6 Å². The first-order valence-corrected chi connectivity index (χ1v) is 7.63. The van der Waals surface area contributed by atoms with E-state index in [4.69, 9.17) is 4.74 Å². The molecule has 0 fully saturated rings. The summed E-state index contributed by atoms with van der Waals surface area (Å²) in [6, 6.07) is 17.1. The van der Waals surface area contributed by atoms with Crippen LogP contribution in [0.1, 0.15) is 15.9 Å². The molecule has 3 rings (SSSR count). The van der Waals surface area contributed by atoms with Crippen LogP contribution >= 0.6 is 0 Å². The molecule has 0 aliphatic heterocycles. The first-order chi connectivity index (χ1) is 12.0. The zero-order valence-electron chi connectivity index (χ0n) is 13.4. The van der Waals surface area contributed by atoms with Gasteiger partial charge in [-0.3, -0.25) is 4.79 Å². The summed E-state index contributed by atoms with van der Waals surface area (Å²) in [5, 5.41) is 2.59. The lowest BCUT2D eigenvalue weighted by Gasteiger charge is -2.12. The summed E-state index contributed by atoms with van der Waals surface area (Å²) in [6.45, 7) is 1.97. The van der Waals surface area contributed by atoms with Gasteiger partial charge in [-0.2, -0.15) is 0 Å². The standard InChI is InChI=1S/C20H15F2NO2/c1-13-6-9-15(10-7-13)25-19-5-3-2-4-18(19)23-20(24)16-11-8-14(21)12-17(16)22/h2-12H,1H3,(H,23,24). The van der Waals surface area contributed by atoms with Crippen LogP contribution in [0.3, 0.4) is 0 Å². The zero-order valence-corrected chi connectivity index (χ0v) is 13.4. The molecule has 0 aliphatic rings. The molecule has 0 spiro atoms. The topological polar surface area (TPSA) is 38.3 Å². The summed E-state index contributed by atoms with van der Waals surface area (Å²) < 4.78 is 32.5. The summed E-state index contributed by atoms with van der Waals surface area (Å²) >= 11 is 0. The molecule has 0 bridgehead atoms. The molecular weight excluding hydrogens is 324 g/mol. The second-order valence-electron chi connectivity index (χ2n) is 5.49. The van der Waals surface area contributed by atoms with Crippen LogP contribution in [0.2, 0.25) is 0 Å². The third kappa shape index (κ3) is 4.01. The van der Waals surface area contributed by atoms with E-state index in [0.717, 1.165) is 17.7 Å². The third-order valence-corrected chi connectivity index (χ3v) is 3.56. The highest BCUT2D eigenvalue weighted by Gasteiger charge is 2.15. The van der Waals surface area contributed by atoms with Gasteiger partial charge < -0.3 is 10.1 Å². The number of carbonyl (C=O) groups excluding carboxylic acids is 1. The van der Waals surface area contributed by atoms with Gasteiger partial charge in [-0.15, -0.1) is 0 Å². The number of ether oxygens (including phenoxy) is 1. The van der Waals surface area contributed by atoms with Gasteiger partial charge in [0, 0.05) is 6.07 Å². The maximum Gasteiger partial charge on any atom is 0.258 e. The fourth-order valence-electron chi connectivity index (χ4n) is 2.26. The van der Waals surface area contributed by atoms with Crippen molar-refractivity contribution in [3.63, 3.8) is 0 Å². The van der Waals surface area contributed by atoms with Crippen molar-refractivity contribution in [3.8, 4) is 11.5 Å². The van der Waals surface area contributed by atoms with Crippen LogP contribution in [0.4, 0.5) is 14.5 Å². The molecule has 3 aromatic rings. The van der Waals surface area contributed by atoms with Gasteiger partial charge in [0.15, 0.2) is 5.75 Å². The smallest absolute Gasteiger partial charge is 0.258 e. The van der Waals surface area contributed by atoms with Crippen molar-refractivity contribution in [2.45, 2.75) is 6.92 Å². The van der Waals surface area contributed by atoms with Gasteiger partial charge in [0.25, 0.3) is 5.91 Å². The summed E-state index contributed by atoms with van der Waals surface area (Å²) in [6.07, 6.45) is 0. The molecular formula is C20H15F2NO2. The summed E-state index contributed by atoms with van der Waals surface area (Å²) in [7, 11) is 0. The number of aryl methyl sites for hydroxylation is 1. The van der Waals surface area contributed by atoms with Gasteiger partial charge in [-0.05, 0) is 43.3 Å². The molecule has 0 atom stereocenters. The van der Waals surface area contributed by atoms with E-state index in [1.54, 1.807) is 24.3 Å². The van der Waals surface area contributed by atoms with Crippen molar-refractivity contribution in [3.05, 3.63) is 89.5 Å². The molecule has 1 N–H and O–H groups in total. The number of hydrogen-bond donors (Lipinski definition) is 1. The number of rotatable bonds is 4. The Hall–Kier alpha value is -3.21. The van der Waals surface area contributed by atoms with Crippen molar-refractivity contribution in [1.82, 2.24) is 0 Å². The first-order valence-electron chi connectivity index (χ1n) is 7.63. The number of para-hydroxylation sites is 2.